The van der Waals surface area contributed by atoms with Crippen LogP contribution in [0.15, 0.2) is 35.2 Å². The van der Waals surface area contributed by atoms with Crippen molar-refractivity contribution in [2.45, 2.75) is 10.2 Å². The number of nitrogens with one attached hydrogen (secondary N) is 1. The van der Waals surface area contributed by atoms with E-state index in [2.05, 4.69) is 20.7 Å². The highest BCUT2D eigenvalue weighted by molar-refractivity contribution is 9.08. The van der Waals surface area contributed by atoms with Gasteiger partial charge in [-0.15, -0.1) is 11.3 Å². The molecule has 0 saturated heterocycles. The molecule has 102 valence electrons. The first-order chi connectivity index (χ1) is 8.92. The van der Waals surface area contributed by atoms with Crippen molar-refractivity contribution < 1.29 is 8.42 Å². The first-order valence-corrected chi connectivity index (χ1v) is 9.22. The Kier molecular flexibility index (Phi) is 4.79. The first-order valence-electron chi connectivity index (χ1n) is 5.05. The molecule has 3 nitrogen and oxygen atoms in total. The molecule has 0 bridgehead atoms. The van der Waals surface area contributed by atoms with Crippen LogP contribution in [-0.2, 0) is 15.4 Å². The van der Waals surface area contributed by atoms with Crippen molar-refractivity contribution in [1.29, 1.82) is 0 Å². The van der Waals surface area contributed by atoms with Gasteiger partial charge in [-0.05, 0) is 23.8 Å². The van der Waals surface area contributed by atoms with Gasteiger partial charge < -0.3 is 0 Å². The van der Waals surface area contributed by atoms with Crippen LogP contribution in [0.3, 0.4) is 0 Å². The second kappa shape index (κ2) is 6.01. The Morgan fingerprint density at radius 1 is 1.21 bits per heavy atom. The maximum absolute atomic E-state index is 12.1. The second-order valence-corrected chi connectivity index (χ2v) is 8.12. The molecule has 2 rings (SSSR count). The Labute approximate surface area is 133 Å². The number of anilines is 1. The maximum Gasteiger partial charge on any atom is 0.264 e. The summed E-state index contributed by atoms with van der Waals surface area (Å²) < 4.78 is 27.2. The van der Waals surface area contributed by atoms with Gasteiger partial charge in [0.1, 0.15) is 9.23 Å². The molecule has 0 saturated carbocycles. The van der Waals surface area contributed by atoms with E-state index < -0.39 is 10.0 Å². The van der Waals surface area contributed by atoms with E-state index in [1.54, 1.807) is 12.1 Å². The molecule has 0 aliphatic carbocycles. The van der Waals surface area contributed by atoms with Crippen LogP contribution in [0.5, 0.6) is 0 Å². The summed E-state index contributed by atoms with van der Waals surface area (Å²) in [5.74, 6) is 0. The molecule has 1 aromatic heterocycles. The van der Waals surface area contributed by atoms with Gasteiger partial charge in [-0.25, -0.2) is 8.42 Å². The summed E-state index contributed by atoms with van der Waals surface area (Å²) in [6, 6.07) is 8.37. The van der Waals surface area contributed by atoms with Crippen LogP contribution in [-0.4, -0.2) is 8.42 Å². The number of rotatable bonds is 4. The summed E-state index contributed by atoms with van der Waals surface area (Å²) in [7, 11) is -3.71. The lowest BCUT2D eigenvalue weighted by Crippen LogP contribution is -2.12. The van der Waals surface area contributed by atoms with Crippen LogP contribution in [0.1, 0.15) is 5.56 Å². The van der Waals surface area contributed by atoms with Crippen molar-refractivity contribution in [3.05, 3.63) is 44.6 Å². The molecule has 1 heterocycles. The van der Waals surface area contributed by atoms with Crippen LogP contribution < -0.4 is 4.72 Å². The van der Waals surface area contributed by atoms with Gasteiger partial charge in [-0.3, -0.25) is 4.72 Å². The number of hydrogen-bond donors (Lipinski definition) is 1. The van der Waals surface area contributed by atoms with E-state index in [4.69, 9.17) is 23.2 Å². The third-order valence-corrected chi connectivity index (χ3v) is 6.06. The number of alkyl halides is 1. The molecule has 1 aromatic carbocycles. The van der Waals surface area contributed by atoms with Crippen molar-refractivity contribution in [1.82, 2.24) is 0 Å². The molecule has 0 amide bonds. The predicted octanol–water partition coefficient (Wildman–Crippen LogP) is 4.75. The molecular weight excluding hydrogens is 393 g/mol. The van der Waals surface area contributed by atoms with Gasteiger partial charge >= 0.3 is 0 Å². The summed E-state index contributed by atoms with van der Waals surface area (Å²) in [5, 5.41) is 0.714. The van der Waals surface area contributed by atoms with Crippen molar-refractivity contribution in [2.24, 2.45) is 0 Å². The van der Waals surface area contributed by atoms with E-state index in [0.717, 1.165) is 16.9 Å². The third kappa shape index (κ3) is 3.64. The first kappa shape index (κ1) is 15.1. The fraction of sp³-hybridized carbons (Fsp3) is 0.0909. The molecule has 0 atom stereocenters. The zero-order valence-electron chi connectivity index (χ0n) is 9.36. The van der Waals surface area contributed by atoms with Crippen LogP contribution in [0, 0.1) is 0 Å². The molecule has 2 aromatic rings. The molecule has 8 heteroatoms. The lowest BCUT2D eigenvalue weighted by atomic mass is 10.2. The normalized spacial score (nSPS) is 11.5. The predicted molar refractivity (Wildman–Crippen MR) is 84.2 cm³/mol. The average molecular weight is 401 g/mol. The number of benzene rings is 1. The Balaban J connectivity index is 2.28. The van der Waals surface area contributed by atoms with Crippen molar-refractivity contribution in [3.8, 4) is 0 Å². The zero-order chi connectivity index (χ0) is 14.0. The quantitative estimate of drug-likeness (QED) is 0.752. The fourth-order valence-corrected chi connectivity index (χ4v) is 4.96. The minimum atomic E-state index is -3.71. The van der Waals surface area contributed by atoms with Gasteiger partial charge in [0.25, 0.3) is 10.0 Å². The summed E-state index contributed by atoms with van der Waals surface area (Å²) >= 11 is 15.9. The van der Waals surface area contributed by atoms with Crippen molar-refractivity contribution in [2.75, 3.05) is 4.72 Å². The highest BCUT2D eigenvalue weighted by atomic mass is 79.9. The molecular formula is C11H8BrCl2NO2S2. The van der Waals surface area contributed by atoms with Crippen LogP contribution in [0.25, 0.3) is 0 Å². The van der Waals surface area contributed by atoms with E-state index in [9.17, 15) is 8.42 Å². The van der Waals surface area contributed by atoms with E-state index in [1.807, 2.05) is 12.1 Å². The lowest BCUT2D eigenvalue weighted by Gasteiger charge is -2.07. The topological polar surface area (TPSA) is 46.2 Å². The molecule has 1 N–H and O–H groups in total. The molecule has 0 radical (unpaired) electrons. The Morgan fingerprint density at radius 2 is 1.84 bits per heavy atom. The van der Waals surface area contributed by atoms with E-state index in [0.29, 0.717) is 15.4 Å². The molecule has 0 unspecified atom stereocenters. The van der Waals surface area contributed by atoms with Crippen molar-refractivity contribution >= 4 is 66.2 Å². The van der Waals surface area contributed by atoms with Crippen LogP contribution >= 0.6 is 50.5 Å². The minimum Gasteiger partial charge on any atom is -0.280 e. The SMILES string of the molecule is O=S(=O)(Nc1ccc(CBr)cc1)c1cc(Cl)sc1Cl. The Bertz CT molecular complexity index is 683. The Morgan fingerprint density at radius 3 is 2.32 bits per heavy atom. The number of halogens is 3. The van der Waals surface area contributed by atoms with Gasteiger partial charge in [-0.1, -0.05) is 51.3 Å². The number of sulfonamides is 1. The van der Waals surface area contributed by atoms with E-state index in [-0.39, 0.29) is 9.23 Å². The largest absolute Gasteiger partial charge is 0.280 e. The highest BCUT2D eigenvalue weighted by Gasteiger charge is 2.20. The third-order valence-electron chi connectivity index (χ3n) is 2.28. The van der Waals surface area contributed by atoms with E-state index in [1.165, 1.54) is 6.07 Å². The summed E-state index contributed by atoms with van der Waals surface area (Å²) in [4.78, 5) is -0.00580. The fourth-order valence-electron chi connectivity index (χ4n) is 1.38. The van der Waals surface area contributed by atoms with Gasteiger partial charge in [0.2, 0.25) is 0 Å². The zero-order valence-corrected chi connectivity index (χ0v) is 14.1. The van der Waals surface area contributed by atoms with Gasteiger partial charge in [0.15, 0.2) is 0 Å². The highest BCUT2D eigenvalue weighted by Crippen LogP contribution is 2.35. The van der Waals surface area contributed by atoms with E-state index >= 15 is 0 Å². The standard InChI is InChI=1S/C11H8BrCl2NO2S2/c12-6-7-1-3-8(4-2-7)15-19(16,17)9-5-10(13)18-11(9)14/h1-5,15H,6H2. The van der Waals surface area contributed by atoms with Gasteiger partial charge in [0.05, 0.1) is 4.34 Å². The maximum atomic E-state index is 12.1. The monoisotopic (exact) mass is 399 g/mol. The molecule has 0 aliphatic rings. The van der Waals surface area contributed by atoms with Crippen LogP contribution in [0.4, 0.5) is 5.69 Å². The number of thiophene rings is 1. The molecule has 0 aliphatic heterocycles. The lowest BCUT2D eigenvalue weighted by molar-refractivity contribution is 0.601. The Hall–Kier alpha value is -0.270. The van der Waals surface area contributed by atoms with Crippen LogP contribution in [0.2, 0.25) is 8.67 Å². The molecule has 0 spiro atoms. The summed E-state index contributed by atoms with van der Waals surface area (Å²) in [6.07, 6.45) is 0. The molecule has 0 fully saturated rings. The molecule has 19 heavy (non-hydrogen) atoms. The average Bonchev–Trinajstić information content (AvgIpc) is 2.70. The second-order valence-electron chi connectivity index (χ2n) is 3.62. The summed E-state index contributed by atoms with van der Waals surface area (Å²) in [5.41, 5.74) is 1.53. The summed E-state index contributed by atoms with van der Waals surface area (Å²) in [6.45, 7) is 0. The van der Waals surface area contributed by atoms with Gasteiger partial charge in [0, 0.05) is 11.0 Å². The van der Waals surface area contributed by atoms with Gasteiger partial charge in [-0.2, -0.15) is 0 Å². The van der Waals surface area contributed by atoms with Crippen molar-refractivity contribution in [3.63, 3.8) is 0 Å². The smallest absolute Gasteiger partial charge is 0.264 e. The minimum absolute atomic E-state index is 0.00580. The number of hydrogen-bond acceptors (Lipinski definition) is 3.